The highest BCUT2D eigenvalue weighted by atomic mass is 15.1. The minimum absolute atomic E-state index is 0.991. The van der Waals surface area contributed by atoms with Crippen molar-refractivity contribution in [1.82, 2.24) is 9.55 Å². The van der Waals surface area contributed by atoms with E-state index in [0.717, 1.165) is 24.3 Å². The van der Waals surface area contributed by atoms with Crippen molar-refractivity contribution in [3.63, 3.8) is 0 Å². The summed E-state index contributed by atoms with van der Waals surface area (Å²) in [6.45, 7) is 3.19. The average Bonchev–Trinajstić information content (AvgIpc) is 2.87. The zero-order valence-corrected chi connectivity index (χ0v) is 12.9. The van der Waals surface area contributed by atoms with Crippen molar-refractivity contribution in [3.05, 3.63) is 48.5 Å². The molecule has 3 heteroatoms. The van der Waals surface area contributed by atoms with E-state index < -0.39 is 0 Å². The molecule has 0 saturated heterocycles. The number of nitrogens with zero attached hydrogens (tertiary/aromatic N) is 3. The molecule has 3 rings (SSSR count). The van der Waals surface area contributed by atoms with Crippen molar-refractivity contribution in [2.45, 2.75) is 19.9 Å². The van der Waals surface area contributed by atoms with Gasteiger partial charge in [0, 0.05) is 31.9 Å². The van der Waals surface area contributed by atoms with Gasteiger partial charge in [0.05, 0.1) is 11.0 Å². The third kappa shape index (κ3) is 2.51. The van der Waals surface area contributed by atoms with Gasteiger partial charge in [-0.2, -0.15) is 0 Å². The Balaban J connectivity index is 2.12. The standard InChI is InChI=1S/C18H21N3/c1-4-13-21-17-8-6-5-7-16(17)19-18(21)14-9-11-15(12-10-14)20(2)3/h5-12H,4,13H2,1-3H3. The molecule has 0 saturated carbocycles. The highest BCUT2D eigenvalue weighted by Gasteiger charge is 2.11. The van der Waals surface area contributed by atoms with Gasteiger partial charge in [-0.25, -0.2) is 4.98 Å². The summed E-state index contributed by atoms with van der Waals surface area (Å²) in [5, 5.41) is 0. The molecule has 3 nitrogen and oxygen atoms in total. The number of hydrogen-bond acceptors (Lipinski definition) is 2. The molecule has 0 aliphatic heterocycles. The first-order chi connectivity index (χ1) is 10.2. The van der Waals surface area contributed by atoms with Crippen molar-refractivity contribution in [2.75, 3.05) is 19.0 Å². The summed E-state index contributed by atoms with van der Waals surface area (Å²) < 4.78 is 2.32. The molecule has 108 valence electrons. The second kappa shape index (κ2) is 5.60. The first kappa shape index (κ1) is 13.7. The number of aromatic nitrogens is 2. The van der Waals surface area contributed by atoms with Gasteiger partial charge in [0.1, 0.15) is 5.82 Å². The molecule has 2 aromatic carbocycles. The predicted molar refractivity (Wildman–Crippen MR) is 89.8 cm³/mol. The normalized spacial score (nSPS) is 11.0. The molecule has 0 aliphatic rings. The first-order valence-electron chi connectivity index (χ1n) is 7.43. The van der Waals surface area contributed by atoms with E-state index in [1.54, 1.807) is 0 Å². The van der Waals surface area contributed by atoms with E-state index in [1.807, 2.05) is 6.07 Å². The predicted octanol–water partition coefficient (Wildman–Crippen LogP) is 4.18. The van der Waals surface area contributed by atoms with E-state index in [1.165, 1.54) is 16.8 Å². The molecule has 0 unspecified atom stereocenters. The third-order valence-electron chi connectivity index (χ3n) is 3.74. The highest BCUT2D eigenvalue weighted by molar-refractivity contribution is 5.80. The van der Waals surface area contributed by atoms with E-state index in [2.05, 4.69) is 73.0 Å². The maximum atomic E-state index is 4.83. The summed E-state index contributed by atoms with van der Waals surface area (Å²) in [7, 11) is 4.11. The van der Waals surface area contributed by atoms with Crippen LogP contribution in [0.4, 0.5) is 5.69 Å². The number of benzene rings is 2. The van der Waals surface area contributed by atoms with Crippen molar-refractivity contribution >= 4 is 16.7 Å². The van der Waals surface area contributed by atoms with E-state index in [0.29, 0.717) is 0 Å². The molecular weight excluding hydrogens is 258 g/mol. The maximum absolute atomic E-state index is 4.83. The highest BCUT2D eigenvalue weighted by Crippen LogP contribution is 2.26. The Morgan fingerprint density at radius 1 is 1.00 bits per heavy atom. The molecule has 0 atom stereocenters. The smallest absolute Gasteiger partial charge is 0.141 e. The first-order valence-corrected chi connectivity index (χ1v) is 7.43. The summed E-state index contributed by atoms with van der Waals surface area (Å²) in [5.41, 5.74) is 4.66. The quantitative estimate of drug-likeness (QED) is 0.714. The fourth-order valence-electron chi connectivity index (χ4n) is 2.65. The van der Waals surface area contributed by atoms with E-state index in [4.69, 9.17) is 4.98 Å². The summed E-state index contributed by atoms with van der Waals surface area (Å²) in [6.07, 6.45) is 1.10. The van der Waals surface area contributed by atoms with Crippen molar-refractivity contribution in [2.24, 2.45) is 0 Å². The molecule has 21 heavy (non-hydrogen) atoms. The van der Waals surface area contributed by atoms with Crippen molar-refractivity contribution < 1.29 is 0 Å². The number of fused-ring (bicyclic) bond motifs is 1. The van der Waals surface area contributed by atoms with Crippen molar-refractivity contribution in [3.8, 4) is 11.4 Å². The second-order valence-corrected chi connectivity index (χ2v) is 5.52. The number of para-hydroxylation sites is 2. The van der Waals surface area contributed by atoms with Gasteiger partial charge < -0.3 is 9.47 Å². The Kier molecular flexibility index (Phi) is 3.65. The molecule has 0 fully saturated rings. The van der Waals surface area contributed by atoms with Gasteiger partial charge >= 0.3 is 0 Å². The lowest BCUT2D eigenvalue weighted by Crippen LogP contribution is -2.08. The Morgan fingerprint density at radius 3 is 2.38 bits per heavy atom. The van der Waals surface area contributed by atoms with Crippen LogP contribution in [0, 0.1) is 0 Å². The minimum atomic E-state index is 0.991. The zero-order valence-electron chi connectivity index (χ0n) is 12.9. The van der Waals surface area contributed by atoms with E-state index in [-0.39, 0.29) is 0 Å². The third-order valence-corrected chi connectivity index (χ3v) is 3.74. The summed E-state index contributed by atoms with van der Waals surface area (Å²) >= 11 is 0. The SMILES string of the molecule is CCCn1c(-c2ccc(N(C)C)cc2)nc2ccccc21. The number of rotatable bonds is 4. The molecule has 0 bridgehead atoms. The minimum Gasteiger partial charge on any atom is -0.378 e. The van der Waals surface area contributed by atoms with E-state index in [9.17, 15) is 0 Å². The van der Waals surface area contributed by atoms with Crippen LogP contribution in [0.3, 0.4) is 0 Å². The Morgan fingerprint density at radius 2 is 1.71 bits per heavy atom. The molecule has 0 aliphatic carbocycles. The fraction of sp³-hybridized carbons (Fsp3) is 0.278. The topological polar surface area (TPSA) is 21.1 Å². The summed E-state index contributed by atoms with van der Waals surface area (Å²) in [5.74, 6) is 1.06. The van der Waals surface area contributed by atoms with Crippen LogP contribution in [-0.4, -0.2) is 23.6 Å². The summed E-state index contributed by atoms with van der Waals surface area (Å²) in [4.78, 5) is 6.94. The van der Waals surface area contributed by atoms with Crippen LogP contribution in [0.2, 0.25) is 0 Å². The lowest BCUT2D eigenvalue weighted by Gasteiger charge is -2.13. The lowest BCUT2D eigenvalue weighted by atomic mass is 10.2. The zero-order chi connectivity index (χ0) is 14.8. The molecule has 0 radical (unpaired) electrons. The summed E-state index contributed by atoms with van der Waals surface area (Å²) in [6, 6.07) is 17.0. The Bertz CT molecular complexity index is 739. The van der Waals surface area contributed by atoms with Crippen LogP contribution >= 0.6 is 0 Å². The number of aryl methyl sites for hydroxylation is 1. The molecule has 3 aromatic rings. The Hall–Kier alpha value is -2.29. The van der Waals surface area contributed by atoms with Crippen LogP contribution in [0.1, 0.15) is 13.3 Å². The van der Waals surface area contributed by atoms with Crippen LogP contribution in [0.15, 0.2) is 48.5 Å². The number of anilines is 1. The lowest BCUT2D eigenvalue weighted by molar-refractivity contribution is 0.704. The fourth-order valence-corrected chi connectivity index (χ4v) is 2.65. The van der Waals surface area contributed by atoms with E-state index >= 15 is 0 Å². The van der Waals surface area contributed by atoms with Crippen LogP contribution in [0.5, 0.6) is 0 Å². The number of hydrogen-bond donors (Lipinski definition) is 0. The van der Waals surface area contributed by atoms with Crippen LogP contribution in [0.25, 0.3) is 22.4 Å². The largest absolute Gasteiger partial charge is 0.378 e. The van der Waals surface area contributed by atoms with Gasteiger partial charge in [0.15, 0.2) is 0 Å². The molecule has 1 aromatic heterocycles. The molecule has 0 N–H and O–H groups in total. The van der Waals surface area contributed by atoms with Crippen LogP contribution in [-0.2, 0) is 6.54 Å². The average molecular weight is 279 g/mol. The van der Waals surface area contributed by atoms with Gasteiger partial charge in [-0.1, -0.05) is 19.1 Å². The van der Waals surface area contributed by atoms with Gasteiger partial charge in [-0.15, -0.1) is 0 Å². The monoisotopic (exact) mass is 279 g/mol. The second-order valence-electron chi connectivity index (χ2n) is 5.52. The van der Waals surface area contributed by atoms with Crippen LogP contribution < -0.4 is 4.90 Å². The maximum Gasteiger partial charge on any atom is 0.141 e. The molecular formula is C18H21N3. The number of imidazole rings is 1. The van der Waals surface area contributed by atoms with Gasteiger partial charge in [0.2, 0.25) is 0 Å². The van der Waals surface area contributed by atoms with Gasteiger partial charge in [-0.05, 0) is 42.8 Å². The van der Waals surface area contributed by atoms with Gasteiger partial charge in [0.25, 0.3) is 0 Å². The van der Waals surface area contributed by atoms with Crippen molar-refractivity contribution in [1.29, 1.82) is 0 Å². The molecule has 0 spiro atoms. The van der Waals surface area contributed by atoms with Gasteiger partial charge in [-0.3, -0.25) is 0 Å². The Labute approximate surface area is 125 Å². The molecule has 1 heterocycles. The molecule has 0 amide bonds.